The zero-order valence-corrected chi connectivity index (χ0v) is 40.8. The second-order valence-electron chi connectivity index (χ2n) is 20.2. The van der Waals surface area contributed by atoms with E-state index < -0.39 is 108 Å². The molecular weight excluding hydrogens is 855 g/mol. The summed E-state index contributed by atoms with van der Waals surface area (Å²) in [4.78, 5) is 47.1. The van der Waals surface area contributed by atoms with Crippen LogP contribution in [-0.2, 0) is 49.2 Å². The number of amides is 1. The van der Waals surface area contributed by atoms with E-state index in [2.05, 4.69) is 10.3 Å². The van der Waals surface area contributed by atoms with Gasteiger partial charge in [0.25, 0.3) is 0 Å². The predicted octanol–water partition coefficient (Wildman–Crippen LogP) is 3.12. The van der Waals surface area contributed by atoms with Crippen molar-refractivity contribution >= 4 is 17.7 Å². The third kappa shape index (κ3) is 12.3. The minimum Gasteiger partial charge on any atom is -0.459 e. The molecule has 18 atom stereocenters. The molecule has 5 rings (SSSR count). The van der Waals surface area contributed by atoms with Crippen LogP contribution in [0.1, 0.15) is 93.6 Å². The number of aliphatic hydroxyl groups excluding tert-OH is 3. The number of esters is 1. The molecule has 3 fully saturated rings. The Morgan fingerprint density at radius 3 is 2.26 bits per heavy atom. The Morgan fingerprint density at radius 1 is 0.924 bits per heavy atom. The molecule has 66 heavy (non-hydrogen) atoms. The summed E-state index contributed by atoms with van der Waals surface area (Å²) in [6, 6.07) is 9.13. The molecule has 1 aromatic heterocycles. The highest BCUT2D eigenvalue weighted by atomic mass is 16.7. The van der Waals surface area contributed by atoms with Crippen LogP contribution in [0.3, 0.4) is 0 Å². The smallest absolute Gasteiger partial charge is 0.311 e. The second-order valence-corrected chi connectivity index (χ2v) is 20.2. The number of likely N-dealkylation sites (N-methyl/N-ethyl adjacent to an activating group) is 1. The van der Waals surface area contributed by atoms with Gasteiger partial charge in [0.2, 0.25) is 5.91 Å². The second kappa shape index (κ2) is 22.0. The number of hydrogen-bond acceptors (Lipinski definition) is 15. The third-order valence-electron chi connectivity index (χ3n) is 14.4. The van der Waals surface area contributed by atoms with Crippen LogP contribution >= 0.6 is 0 Å². The van der Waals surface area contributed by atoms with E-state index in [1.807, 2.05) is 68.6 Å². The van der Waals surface area contributed by atoms with Gasteiger partial charge in [-0.15, -0.1) is 0 Å². The van der Waals surface area contributed by atoms with Crippen molar-refractivity contribution < 1.29 is 68.3 Å². The zero-order chi connectivity index (χ0) is 49.1. The molecule has 3 saturated heterocycles. The lowest BCUT2D eigenvalue weighted by Crippen LogP contribution is -2.61. The molecule has 0 unspecified atom stereocenters. The fourth-order valence-electron chi connectivity index (χ4n) is 10.2. The van der Waals surface area contributed by atoms with E-state index in [1.54, 1.807) is 34.6 Å². The van der Waals surface area contributed by atoms with Gasteiger partial charge in [-0.05, 0) is 91.2 Å². The molecule has 4 heterocycles. The molecule has 2 aromatic rings. The van der Waals surface area contributed by atoms with Crippen molar-refractivity contribution in [2.24, 2.45) is 23.7 Å². The van der Waals surface area contributed by atoms with E-state index in [0.29, 0.717) is 6.42 Å². The first kappa shape index (κ1) is 53.6. The van der Waals surface area contributed by atoms with Crippen LogP contribution in [-0.4, -0.2) is 165 Å². The lowest BCUT2D eigenvalue weighted by molar-refractivity contribution is -0.318. The Balaban J connectivity index is 1.50. The molecule has 0 saturated carbocycles. The molecule has 0 aliphatic carbocycles. The summed E-state index contributed by atoms with van der Waals surface area (Å²) in [6.07, 6.45) is -7.36. The molecular formula is C49H77N3O14. The summed E-state index contributed by atoms with van der Waals surface area (Å²) >= 11 is 0. The number of ketones is 1. The first-order valence-electron chi connectivity index (χ1n) is 23.4. The number of carbonyl (C=O) groups is 3. The monoisotopic (exact) mass is 932 g/mol. The van der Waals surface area contributed by atoms with E-state index >= 15 is 0 Å². The minimum absolute atomic E-state index is 0.0391. The molecule has 7 N–H and O–H groups in total. The van der Waals surface area contributed by atoms with Crippen LogP contribution in [0, 0.1) is 23.7 Å². The number of carbonyl (C=O) groups excluding carboxylic acids is 3. The fourth-order valence-corrected chi connectivity index (χ4v) is 10.2. The molecule has 3 aliphatic rings. The molecule has 17 nitrogen and oxygen atoms in total. The summed E-state index contributed by atoms with van der Waals surface area (Å²) in [7, 11) is 5.14. The van der Waals surface area contributed by atoms with Crippen LogP contribution in [0.15, 0.2) is 42.7 Å². The average Bonchev–Trinajstić information content (AvgIpc) is 3.81. The standard InChI is InChI=1S/C49H77N3O14/c1-26-23-47(7,59)44(66-46-40(55)35(52(10)11)20-27(2)62-46)29(4)41(65-38-24-48(8,61-12)43(57)31(6)63-38)30(5)45(58)64-36(49(9,60)42(56)28(3)39(26)54)17-19-51-37(53)22-32-14-13-15-33(21-32)34-16-18-50-25-34/h13-16,18,21,25-31,35-36,38,40-44,46,50,55-57,59-60H,17,19-20,22-24H2,1-12H3,(H,51,53)/t26-,27-,28+,29+,30-,31+,35+,36-,38+,40-,41+,42-,43+,44-,46+,47-,48-,49-/m1/s1. The first-order valence-corrected chi connectivity index (χ1v) is 23.4. The van der Waals surface area contributed by atoms with Crippen molar-refractivity contribution in [3.05, 3.63) is 48.3 Å². The maximum Gasteiger partial charge on any atom is 0.311 e. The van der Waals surface area contributed by atoms with Crippen molar-refractivity contribution in [3.63, 3.8) is 0 Å². The number of aliphatic hydroxyl groups is 5. The number of benzene rings is 1. The van der Waals surface area contributed by atoms with Crippen LogP contribution in [0.2, 0.25) is 0 Å². The Labute approximate surface area is 389 Å². The van der Waals surface area contributed by atoms with Gasteiger partial charge in [-0.3, -0.25) is 14.4 Å². The van der Waals surface area contributed by atoms with E-state index in [1.165, 1.54) is 27.9 Å². The van der Waals surface area contributed by atoms with Crippen molar-refractivity contribution in [1.29, 1.82) is 0 Å². The number of ether oxygens (including phenoxy) is 6. The van der Waals surface area contributed by atoms with Crippen molar-refractivity contribution in [1.82, 2.24) is 15.2 Å². The van der Waals surface area contributed by atoms with Gasteiger partial charge in [0, 0.05) is 62.7 Å². The van der Waals surface area contributed by atoms with Crippen molar-refractivity contribution in [2.75, 3.05) is 27.7 Å². The largest absolute Gasteiger partial charge is 0.459 e. The Kier molecular flexibility index (Phi) is 17.8. The van der Waals surface area contributed by atoms with Crippen molar-refractivity contribution in [2.45, 2.75) is 179 Å². The summed E-state index contributed by atoms with van der Waals surface area (Å²) in [6.45, 7) is 14.3. The number of rotatable bonds is 12. The van der Waals surface area contributed by atoms with E-state index in [0.717, 1.165) is 16.7 Å². The number of aromatic nitrogens is 1. The molecule has 0 spiro atoms. The van der Waals surface area contributed by atoms with Gasteiger partial charge in [0.15, 0.2) is 12.6 Å². The highest BCUT2D eigenvalue weighted by Gasteiger charge is 2.53. The number of methoxy groups -OCH3 is 1. The summed E-state index contributed by atoms with van der Waals surface area (Å²) in [5.41, 5.74) is -2.52. The summed E-state index contributed by atoms with van der Waals surface area (Å²) in [5.74, 6) is -5.92. The maximum absolute atomic E-state index is 14.7. The predicted molar refractivity (Wildman–Crippen MR) is 244 cm³/mol. The molecule has 372 valence electrons. The van der Waals surface area contributed by atoms with Gasteiger partial charge in [-0.2, -0.15) is 0 Å². The van der Waals surface area contributed by atoms with Crippen LogP contribution in [0.5, 0.6) is 0 Å². The molecule has 1 aromatic carbocycles. The molecule has 1 amide bonds. The number of H-pyrrole nitrogens is 1. The topological polar surface area (TPSA) is 239 Å². The minimum atomic E-state index is -2.22. The van der Waals surface area contributed by atoms with Crippen molar-refractivity contribution in [3.8, 4) is 11.1 Å². The van der Waals surface area contributed by atoms with Gasteiger partial charge >= 0.3 is 5.97 Å². The highest BCUT2D eigenvalue weighted by molar-refractivity contribution is 5.83. The summed E-state index contributed by atoms with van der Waals surface area (Å²) < 4.78 is 37.7. The zero-order valence-electron chi connectivity index (χ0n) is 40.8. The van der Waals surface area contributed by atoms with Gasteiger partial charge in [0.1, 0.15) is 29.7 Å². The van der Waals surface area contributed by atoms with Crippen LogP contribution < -0.4 is 5.32 Å². The van der Waals surface area contributed by atoms with Gasteiger partial charge < -0.3 is 69.2 Å². The molecule has 0 radical (unpaired) electrons. The number of cyclic esters (lactones) is 1. The Bertz CT molecular complexity index is 1910. The Morgan fingerprint density at radius 2 is 1.62 bits per heavy atom. The van der Waals surface area contributed by atoms with E-state index in [9.17, 15) is 39.9 Å². The number of nitrogens with one attached hydrogen (secondary N) is 2. The number of aromatic amines is 1. The number of nitrogens with zero attached hydrogens (tertiary/aromatic N) is 1. The van der Waals surface area contributed by atoms with E-state index in [-0.39, 0.29) is 50.3 Å². The third-order valence-corrected chi connectivity index (χ3v) is 14.4. The quantitative estimate of drug-likeness (QED) is 0.152. The van der Waals surface area contributed by atoms with Crippen LogP contribution in [0.4, 0.5) is 0 Å². The van der Waals surface area contributed by atoms with Crippen LogP contribution in [0.25, 0.3) is 11.1 Å². The lowest BCUT2D eigenvalue weighted by Gasteiger charge is -2.49. The highest BCUT2D eigenvalue weighted by Crippen LogP contribution is 2.41. The lowest BCUT2D eigenvalue weighted by atomic mass is 9.74. The molecule has 17 heteroatoms. The Hall–Kier alpha value is -3.33. The normalized spacial score (nSPS) is 41.0. The number of Topliss-reactive ketones (excluding diaryl/α,β-unsaturated/α-hetero) is 1. The fraction of sp³-hybridized carbons (Fsp3) is 0.735. The van der Waals surface area contributed by atoms with E-state index in [4.69, 9.17) is 28.4 Å². The number of hydrogen-bond donors (Lipinski definition) is 7. The summed E-state index contributed by atoms with van der Waals surface area (Å²) in [5, 5.41) is 62.1. The maximum atomic E-state index is 14.7. The molecule has 3 aliphatic heterocycles. The molecule has 0 bridgehead atoms. The first-order chi connectivity index (χ1) is 30.8. The van der Waals surface area contributed by atoms with Gasteiger partial charge in [0.05, 0.1) is 54.1 Å². The van der Waals surface area contributed by atoms with Gasteiger partial charge in [-0.25, -0.2) is 0 Å². The van der Waals surface area contributed by atoms with Gasteiger partial charge in [-0.1, -0.05) is 45.0 Å². The SMILES string of the molecule is CO[C@]1(C)C[C@H](O[C@H]2[C@H](C)[C@@H](O[C@@H]3O[C@H](C)C[C@H](N(C)C)[C@H]3O)[C@](C)(O)C[C@@H](C)C(=O)[C@H](C)[C@@H](O)[C@](C)(O)[C@@H](CCNC(=O)Cc3cccc(-c4cc[nH]c4)c3)OC(=O)[C@@H]2C)O[C@@H](C)[C@@H]1O. The average molecular weight is 932 g/mol.